The van der Waals surface area contributed by atoms with Gasteiger partial charge in [0.2, 0.25) is 0 Å². The topological polar surface area (TPSA) is 26.7 Å². The highest BCUT2D eigenvalue weighted by Gasteiger charge is 2.35. The van der Waals surface area contributed by atoms with E-state index in [0.29, 0.717) is 12.6 Å². The molecular formula is C10H20N2O. The fourth-order valence-corrected chi connectivity index (χ4v) is 2.37. The van der Waals surface area contributed by atoms with E-state index in [1.54, 1.807) is 0 Å². The van der Waals surface area contributed by atoms with Crippen LogP contribution in [-0.2, 0) is 0 Å². The number of rotatable bonds is 4. The van der Waals surface area contributed by atoms with Crippen molar-refractivity contribution in [2.24, 2.45) is 0 Å². The first-order valence-corrected chi connectivity index (χ1v) is 5.36. The van der Waals surface area contributed by atoms with Crippen LogP contribution in [0.3, 0.4) is 0 Å². The van der Waals surface area contributed by atoms with Crippen LogP contribution < -0.4 is 0 Å². The Balaban J connectivity index is 1.87. The summed E-state index contributed by atoms with van der Waals surface area (Å²) in [5, 5.41) is 8.98. The maximum atomic E-state index is 8.98. The summed E-state index contributed by atoms with van der Waals surface area (Å²) in [4.78, 5) is 4.90. The van der Waals surface area contributed by atoms with Crippen LogP contribution in [0.15, 0.2) is 0 Å². The van der Waals surface area contributed by atoms with Gasteiger partial charge in [-0.15, -0.1) is 0 Å². The van der Waals surface area contributed by atoms with Gasteiger partial charge in [-0.3, -0.25) is 4.90 Å². The lowest BCUT2D eigenvalue weighted by atomic mass is 10.2. The summed E-state index contributed by atoms with van der Waals surface area (Å²) in [5.74, 6) is 0. The average molecular weight is 184 g/mol. The van der Waals surface area contributed by atoms with Gasteiger partial charge in [0.15, 0.2) is 0 Å². The van der Waals surface area contributed by atoms with Crippen LogP contribution in [-0.4, -0.2) is 60.3 Å². The summed E-state index contributed by atoms with van der Waals surface area (Å²) in [6, 6.07) is 1.51. The molecule has 0 radical (unpaired) electrons. The lowest BCUT2D eigenvalue weighted by Gasteiger charge is -2.27. The quantitative estimate of drug-likeness (QED) is 0.673. The van der Waals surface area contributed by atoms with E-state index in [9.17, 15) is 0 Å². The lowest BCUT2D eigenvalue weighted by molar-refractivity contribution is 0.144. The first-order chi connectivity index (χ1) is 6.31. The van der Waals surface area contributed by atoms with Crippen LogP contribution in [0.4, 0.5) is 0 Å². The van der Waals surface area contributed by atoms with Gasteiger partial charge in [-0.2, -0.15) is 0 Å². The van der Waals surface area contributed by atoms with Crippen LogP contribution in [0.25, 0.3) is 0 Å². The van der Waals surface area contributed by atoms with Crippen molar-refractivity contribution >= 4 is 0 Å². The number of aliphatic hydroxyl groups is 1. The smallest absolute Gasteiger partial charge is 0.0558 e. The molecule has 13 heavy (non-hydrogen) atoms. The zero-order valence-corrected chi connectivity index (χ0v) is 8.45. The highest BCUT2D eigenvalue weighted by Crippen LogP contribution is 2.30. The van der Waals surface area contributed by atoms with E-state index in [2.05, 4.69) is 16.8 Å². The Kier molecular flexibility index (Phi) is 2.86. The summed E-state index contributed by atoms with van der Waals surface area (Å²) < 4.78 is 0. The van der Waals surface area contributed by atoms with E-state index < -0.39 is 0 Å². The molecule has 1 aliphatic heterocycles. The number of hydrogen-bond acceptors (Lipinski definition) is 3. The monoisotopic (exact) mass is 184 g/mol. The summed E-state index contributed by atoms with van der Waals surface area (Å²) in [7, 11) is 2.18. The zero-order valence-electron chi connectivity index (χ0n) is 8.45. The standard InChI is InChI=1S/C10H20N2O/c1-11-5-4-10(8-11)12(6-7-13)9-2-3-9/h9-10,13H,2-8H2,1H3/t10-/m0/s1. The molecular weight excluding hydrogens is 164 g/mol. The Hall–Kier alpha value is -0.120. The Morgan fingerprint density at radius 2 is 2.08 bits per heavy atom. The van der Waals surface area contributed by atoms with Crippen molar-refractivity contribution in [1.82, 2.24) is 9.80 Å². The molecule has 2 fully saturated rings. The van der Waals surface area contributed by atoms with Gasteiger partial charge >= 0.3 is 0 Å². The van der Waals surface area contributed by atoms with Crippen LogP contribution in [0.1, 0.15) is 19.3 Å². The van der Waals surface area contributed by atoms with E-state index in [0.717, 1.165) is 12.6 Å². The third-order valence-corrected chi connectivity index (χ3v) is 3.21. The van der Waals surface area contributed by atoms with Gasteiger partial charge in [-0.25, -0.2) is 0 Å². The van der Waals surface area contributed by atoms with Crippen LogP contribution in [0.2, 0.25) is 0 Å². The van der Waals surface area contributed by atoms with Crippen molar-refractivity contribution in [2.75, 3.05) is 33.3 Å². The Bertz CT molecular complexity index is 170. The van der Waals surface area contributed by atoms with Gasteiger partial charge in [0, 0.05) is 25.2 Å². The van der Waals surface area contributed by atoms with Crippen LogP contribution >= 0.6 is 0 Å². The van der Waals surface area contributed by atoms with Crippen molar-refractivity contribution < 1.29 is 5.11 Å². The molecule has 76 valence electrons. The molecule has 0 bridgehead atoms. The molecule has 0 unspecified atom stereocenters. The largest absolute Gasteiger partial charge is 0.395 e. The minimum absolute atomic E-state index is 0.316. The van der Waals surface area contributed by atoms with E-state index in [4.69, 9.17) is 5.11 Å². The highest BCUT2D eigenvalue weighted by molar-refractivity contribution is 4.92. The molecule has 0 amide bonds. The second kappa shape index (κ2) is 3.95. The van der Waals surface area contributed by atoms with Gasteiger partial charge < -0.3 is 10.0 Å². The molecule has 0 aromatic heterocycles. The van der Waals surface area contributed by atoms with Crippen LogP contribution in [0, 0.1) is 0 Å². The third kappa shape index (κ3) is 2.22. The molecule has 0 spiro atoms. The number of likely N-dealkylation sites (tertiary alicyclic amines) is 1. The Morgan fingerprint density at radius 3 is 2.54 bits per heavy atom. The van der Waals surface area contributed by atoms with Gasteiger partial charge in [0.1, 0.15) is 0 Å². The van der Waals surface area contributed by atoms with Crippen molar-refractivity contribution in [1.29, 1.82) is 0 Å². The predicted molar refractivity (Wildman–Crippen MR) is 52.7 cm³/mol. The number of aliphatic hydroxyl groups excluding tert-OH is 1. The maximum absolute atomic E-state index is 8.98. The Morgan fingerprint density at radius 1 is 1.31 bits per heavy atom. The molecule has 1 heterocycles. The minimum atomic E-state index is 0.316. The van der Waals surface area contributed by atoms with Gasteiger partial charge in [0.05, 0.1) is 6.61 Å². The summed E-state index contributed by atoms with van der Waals surface area (Å²) in [6.45, 7) is 3.61. The fourth-order valence-electron chi connectivity index (χ4n) is 2.37. The molecule has 3 nitrogen and oxygen atoms in total. The first-order valence-electron chi connectivity index (χ1n) is 5.36. The first kappa shape index (κ1) is 9.44. The maximum Gasteiger partial charge on any atom is 0.0558 e. The second-order valence-corrected chi connectivity index (χ2v) is 4.40. The number of nitrogens with zero attached hydrogens (tertiary/aromatic N) is 2. The van der Waals surface area contributed by atoms with E-state index in [-0.39, 0.29) is 0 Å². The molecule has 1 saturated heterocycles. The molecule has 1 saturated carbocycles. The molecule has 0 aromatic rings. The normalized spacial score (nSPS) is 30.2. The van der Waals surface area contributed by atoms with E-state index in [1.807, 2.05) is 0 Å². The summed E-state index contributed by atoms with van der Waals surface area (Å²) >= 11 is 0. The molecule has 2 aliphatic rings. The van der Waals surface area contributed by atoms with Gasteiger partial charge in [-0.05, 0) is 32.9 Å². The molecule has 0 aromatic carbocycles. The van der Waals surface area contributed by atoms with Crippen molar-refractivity contribution in [2.45, 2.75) is 31.3 Å². The predicted octanol–water partition coefficient (Wildman–Crippen LogP) is 0.147. The summed E-state index contributed by atoms with van der Waals surface area (Å²) in [6.07, 6.45) is 3.98. The van der Waals surface area contributed by atoms with E-state index in [1.165, 1.54) is 32.4 Å². The van der Waals surface area contributed by atoms with Crippen molar-refractivity contribution in [3.05, 3.63) is 0 Å². The molecule has 3 heteroatoms. The van der Waals surface area contributed by atoms with Gasteiger partial charge in [-0.1, -0.05) is 0 Å². The molecule has 1 N–H and O–H groups in total. The second-order valence-electron chi connectivity index (χ2n) is 4.40. The lowest BCUT2D eigenvalue weighted by Crippen LogP contribution is -2.40. The average Bonchev–Trinajstić information content (AvgIpc) is 2.85. The van der Waals surface area contributed by atoms with Crippen molar-refractivity contribution in [3.63, 3.8) is 0 Å². The number of hydrogen-bond donors (Lipinski definition) is 1. The Labute approximate surface area is 80.3 Å². The van der Waals surface area contributed by atoms with Crippen LogP contribution in [0.5, 0.6) is 0 Å². The molecule has 1 atom stereocenters. The van der Waals surface area contributed by atoms with E-state index >= 15 is 0 Å². The fraction of sp³-hybridized carbons (Fsp3) is 1.00. The summed E-state index contributed by atoms with van der Waals surface area (Å²) in [5.41, 5.74) is 0. The molecule has 2 rings (SSSR count). The SMILES string of the molecule is CN1CC[C@H](N(CCO)C2CC2)C1. The van der Waals surface area contributed by atoms with Gasteiger partial charge in [0.25, 0.3) is 0 Å². The van der Waals surface area contributed by atoms with Crippen molar-refractivity contribution in [3.8, 4) is 0 Å². The third-order valence-electron chi connectivity index (χ3n) is 3.21. The zero-order chi connectivity index (χ0) is 9.26. The highest BCUT2D eigenvalue weighted by atomic mass is 16.3. The number of likely N-dealkylation sites (N-methyl/N-ethyl adjacent to an activating group) is 1. The minimum Gasteiger partial charge on any atom is -0.395 e. The molecule has 1 aliphatic carbocycles.